The van der Waals surface area contributed by atoms with Crippen LogP contribution in [0.3, 0.4) is 0 Å². The number of anilines is 2. The largest absolute Gasteiger partial charge is 0.481 e. The van der Waals surface area contributed by atoms with Crippen molar-refractivity contribution in [3.05, 3.63) is 124 Å². The molecular weight excluding hydrogens is 514 g/mol. The average Bonchev–Trinajstić information content (AvgIpc) is 2.93. The molecular formula is C30H27N3O5S. The third kappa shape index (κ3) is 7.93. The predicted molar refractivity (Wildman–Crippen MR) is 153 cm³/mol. The number of rotatable bonds is 11. The Hall–Kier alpha value is -4.63. The molecule has 0 fully saturated rings. The van der Waals surface area contributed by atoms with E-state index < -0.39 is 16.9 Å². The number of hydrogen-bond acceptors (Lipinski definition) is 5. The van der Waals surface area contributed by atoms with E-state index in [1.807, 2.05) is 66.7 Å². The van der Waals surface area contributed by atoms with Gasteiger partial charge in [0.05, 0.1) is 11.3 Å². The van der Waals surface area contributed by atoms with E-state index in [9.17, 15) is 19.7 Å². The molecule has 0 atom stereocenters. The summed E-state index contributed by atoms with van der Waals surface area (Å²) in [6, 6.07) is 30.4. The lowest BCUT2D eigenvalue weighted by Crippen LogP contribution is -2.36. The molecule has 0 bridgehead atoms. The van der Waals surface area contributed by atoms with Gasteiger partial charge in [-0.25, -0.2) is 4.79 Å². The van der Waals surface area contributed by atoms with Gasteiger partial charge in [0.2, 0.25) is 0 Å². The zero-order valence-corrected chi connectivity index (χ0v) is 21.8. The Morgan fingerprint density at radius 1 is 0.846 bits per heavy atom. The molecule has 8 nitrogen and oxygen atoms in total. The fourth-order valence-electron chi connectivity index (χ4n) is 4.06. The van der Waals surface area contributed by atoms with Crippen LogP contribution < -0.4 is 10.2 Å². The van der Waals surface area contributed by atoms with Crippen LogP contribution in [0.4, 0.5) is 21.9 Å². The van der Waals surface area contributed by atoms with Gasteiger partial charge in [0.15, 0.2) is 0 Å². The normalized spacial score (nSPS) is 10.6. The first-order chi connectivity index (χ1) is 18.9. The van der Waals surface area contributed by atoms with E-state index in [-0.39, 0.29) is 17.8 Å². The molecule has 0 unspecified atom stereocenters. The van der Waals surface area contributed by atoms with Gasteiger partial charge in [0, 0.05) is 28.1 Å². The number of benzene rings is 4. The first-order valence-corrected chi connectivity index (χ1v) is 13.2. The van der Waals surface area contributed by atoms with Crippen LogP contribution in [0, 0.1) is 10.1 Å². The zero-order valence-electron chi connectivity index (χ0n) is 21.0. The number of nitro benzene ring substituents is 1. The second kappa shape index (κ2) is 13.3. The maximum absolute atomic E-state index is 13.5. The highest BCUT2D eigenvalue weighted by Crippen LogP contribution is 2.31. The Morgan fingerprint density at radius 3 is 2.28 bits per heavy atom. The molecule has 4 aromatic carbocycles. The fraction of sp³-hybridized carbons (Fsp3) is 0.133. The molecule has 0 saturated heterocycles. The standard InChI is InChI=1S/C30H27N3O5S/c34-29(35)20-23-15-17-25(18-16-23)39-26-12-6-11-24(21-26)32(19-7-10-22-8-2-1-3-9-22)30(36)31-27-13-4-5-14-28(27)33(37)38/h1-6,8-9,11-18,21H,7,10,19-20H2,(H,31,36)(H,34,35). The first kappa shape index (κ1) is 27.4. The number of nitro groups is 1. The van der Waals surface area contributed by atoms with Crippen molar-refractivity contribution in [3.63, 3.8) is 0 Å². The smallest absolute Gasteiger partial charge is 0.326 e. The number of carbonyl (C=O) groups is 2. The second-order valence-electron chi connectivity index (χ2n) is 8.76. The van der Waals surface area contributed by atoms with E-state index in [4.69, 9.17) is 5.11 Å². The lowest BCUT2D eigenvalue weighted by molar-refractivity contribution is -0.383. The van der Waals surface area contributed by atoms with Crippen LogP contribution in [0.1, 0.15) is 17.5 Å². The lowest BCUT2D eigenvalue weighted by Gasteiger charge is -2.24. The number of para-hydroxylation sites is 2. The van der Waals surface area contributed by atoms with Crippen LogP contribution in [-0.2, 0) is 17.6 Å². The summed E-state index contributed by atoms with van der Waals surface area (Å²) < 4.78 is 0. The predicted octanol–water partition coefficient (Wildman–Crippen LogP) is 7.04. The van der Waals surface area contributed by atoms with Crippen molar-refractivity contribution in [2.24, 2.45) is 0 Å². The van der Waals surface area contributed by atoms with Crippen molar-refractivity contribution in [1.82, 2.24) is 0 Å². The number of carbonyl (C=O) groups excluding carboxylic acids is 1. The average molecular weight is 542 g/mol. The third-order valence-electron chi connectivity index (χ3n) is 5.92. The topological polar surface area (TPSA) is 113 Å². The van der Waals surface area contributed by atoms with Gasteiger partial charge in [-0.15, -0.1) is 0 Å². The highest BCUT2D eigenvalue weighted by molar-refractivity contribution is 7.99. The maximum Gasteiger partial charge on any atom is 0.326 e. The van der Waals surface area contributed by atoms with Gasteiger partial charge < -0.3 is 10.4 Å². The minimum absolute atomic E-state index is 0.0347. The first-order valence-electron chi connectivity index (χ1n) is 12.3. The van der Waals surface area contributed by atoms with E-state index in [0.717, 1.165) is 27.3 Å². The number of aliphatic carboxylic acids is 1. The van der Waals surface area contributed by atoms with Crippen molar-refractivity contribution in [2.75, 3.05) is 16.8 Å². The van der Waals surface area contributed by atoms with E-state index in [0.29, 0.717) is 18.7 Å². The van der Waals surface area contributed by atoms with Crippen molar-refractivity contribution < 1.29 is 19.6 Å². The Balaban J connectivity index is 1.55. The van der Waals surface area contributed by atoms with Gasteiger partial charge in [0.25, 0.3) is 5.69 Å². The van der Waals surface area contributed by atoms with E-state index in [1.54, 1.807) is 29.2 Å². The second-order valence-corrected chi connectivity index (χ2v) is 9.91. The van der Waals surface area contributed by atoms with Crippen molar-refractivity contribution in [3.8, 4) is 0 Å². The summed E-state index contributed by atoms with van der Waals surface area (Å²) in [5, 5.41) is 23.2. The molecule has 4 aromatic rings. The quantitative estimate of drug-likeness (QED) is 0.155. The van der Waals surface area contributed by atoms with Crippen LogP contribution in [0.2, 0.25) is 0 Å². The van der Waals surface area contributed by atoms with Gasteiger partial charge in [-0.2, -0.15) is 0 Å². The Labute approximate surface area is 230 Å². The number of hydrogen-bond donors (Lipinski definition) is 2. The van der Waals surface area contributed by atoms with E-state index in [2.05, 4.69) is 5.32 Å². The molecule has 2 N–H and O–H groups in total. The summed E-state index contributed by atoms with van der Waals surface area (Å²) in [5.41, 5.74) is 2.49. The van der Waals surface area contributed by atoms with Gasteiger partial charge in [-0.3, -0.25) is 19.8 Å². The summed E-state index contributed by atoms with van der Waals surface area (Å²) in [7, 11) is 0. The third-order valence-corrected chi connectivity index (χ3v) is 6.92. The molecule has 0 saturated carbocycles. The van der Waals surface area contributed by atoms with Crippen LogP contribution >= 0.6 is 11.8 Å². The lowest BCUT2D eigenvalue weighted by atomic mass is 10.1. The van der Waals surface area contributed by atoms with Gasteiger partial charge in [0.1, 0.15) is 5.69 Å². The number of carboxylic acids is 1. The van der Waals surface area contributed by atoms with Crippen molar-refractivity contribution >= 4 is 40.8 Å². The molecule has 198 valence electrons. The number of amides is 2. The van der Waals surface area contributed by atoms with Crippen molar-refractivity contribution in [2.45, 2.75) is 29.1 Å². The highest BCUT2D eigenvalue weighted by atomic mass is 32.2. The minimum atomic E-state index is -0.880. The summed E-state index contributed by atoms with van der Waals surface area (Å²) in [4.78, 5) is 38.8. The molecule has 0 aliphatic heterocycles. The van der Waals surface area contributed by atoms with E-state index in [1.165, 1.54) is 23.9 Å². The molecule has 0 spiro atoms. The molecule has 0 aliphatic carbocycles. The monoisotopic (exact) mass is 541 g/mol. The molecule has 39 heavy (non-hydrogen) atoms. The Morgan fingerprint density at radius 2 is 1.56 bits per heavy atom. The van der Waals surface area contributed by atoms with Crippen LogP contribution in [0.5, 0.6) is 0 Å². The van der Waals surface area contributed by atoms with Crippen LogP contribution in [0.15, 0.2) is 113 Å². The zero-order chi connectivity index (χ0) is 27.6. The summed E-state index contributed by atoms with van der Waals surface area (Å²) >= 11 is 1.49. The molecule has 0 aromatic heterocycles. The number of carboxylic acid groups (broad SMARTS) is 1. The molecule has 0 aliphatic rings. The van der Waals surface area contributed by atoms with Crippen molar-refractivity contribution in [1.29, 1.82) is 0 Å². The maximum atomic E-state index is 13.5. The summed E-state index contributed by atoms with van der Waals surface area (Å²) in [6.45, 7) is 0.402. The molecule has 0 heterocycles. The minimum Gasteiger partial charge on any atom is -0.481 e. The fourth-order valence-corrected chi connectivity index (χ4v) is 4.93. The molecule has 9 heteroatoms. The summed E-state index contributed by atoms with van der Waals surface area (Å²) in [5.74, 6) is -0.880. The molecule has 4 rings (SSSR count). The van der Waals surface area contributed by atoms with E-state index >= 15 is 0 Å². The molecule has 0 radical (unpaired) electrons. The highest BCUT2D eigenvalue weighted by Gasteiger charge is 2.20. The SMILES string of the molecule is O=C(O)Cc1ccc(Sc2cccc(N(CCCc3ccccc3)C(=O)Nc3ccccc3[N+](=O)[O-])c2)cc1. The number of urea groups is 1. The molecule has 2 amide bonds. The number of aryl methyl sites for hydroxylation is 1. The van der Waals surface area contributed by atoms with Gasteiger partial charge in [-0.1, -0.05) is 72.4 Å². The Bertz CT molecular complexity index is 1440. The number of nitrogens with one attached hydrogen (secondary N) is 1. The van der Waals surface area contributed by atoms with Crippen LogP contribution in [0.25, 0.3) is 0 Å². The Kier molecular flexibility index (Phi) is 9.31. The van der Waals surface area contributed by atoms with Gasteiger partial charge in [-0.05, 0) is 60.4 Å². The van der Waals surface area contributed by atoms with Gasteiger partial charge >= 0.3 is 12.0 Å². The van der Waals surface area contributed by atoms with Crippen LogP contribution in [-0.4, -0.2) is 28.6 Å². The summed E-state index contributed by atoms with van der Waals surface area (Å²) in [6.07, 6.45) is 1.43. The number of nitrogens with zero attached hydrogens (tertiary/aromatic N) is 2.